The molecule has 0 saturated carbocycles. The first-order valence-corrected chi connectivity index (χ1v) is 4.15. The van der Waals surface area contributed by atoms with Crippen LogP contribution in [0.5, 0.6) is 5.75 Å². The van der Waals surface area contributed by atoms with E-state index in [0.717, 1.165) is 5.00 Å². The summed E-state index contributed by atoms with van der Waals surface area (Å²) in [6, 6.07) is 0. The standard InChI is InChI=1S/C6H12N4OS/c1-10(2)8-6-4(11-3)5(7)9-12-6/h8H,1-3H3,(H2,7,9). The maximum absolute atomic E-state index is 5.54. The summed E-state index contributed by atoms with van der Waals surface area (Å²) in [5, 5.41) is 2.62. The lowest BCUT2D eigenvalue weighted by Gasteiger charge is -2.11. The summed E-state index contributed by atoms with van der Waals surface area (Å²) in [6.07, 6.45) is 0. The van der Waals surface area contributed by atoms with Gasteiger partial charge in [0.25, 0.3) is 0 Å². The lowest BCUT2D eigenvalue weighted by atomic mass is 10.5. The minimum atomic E-state index is 0.423. The van der Waals surface area contributed by atoms with Crippen LogP contribution in [0.1, 0.15) is 0 Å². The zero-order chi connectivity index (χ0) is 9.14. The summed E-state index contributed by atoms with van der Waals surface area (Å²) in [5.74, 6) is 1.03. The number of aromatic nitrogens is 1. The number of nitrogen functional groups attached to an aromatic ring is 1. The minimum Gasteiger partial charge on any atom is -0.490 e. The third kappa shape index (κ3) is 1.77. The van der Waals surface area contributed by atoms with Crippen LogP contribution in [0.4, 0.5) is 10.8 Å². The van der Waals surface area contributed by atoms with Crippen molar-refractivity contribution < 1.29 is 4.74 Å². The Bertz CT molecular complexity index is 260. The van der Waals surface area contributed by atoms with E-state index < -0.39 is 0 Å². The molecule has 0 spiro atoms. The second kappa shape index (κ2) is 3.59. The molecule has 3 N–H and O–H groups in total. The van der Waals surface area contributed by atoms with Crippen LogP contribution in [0.2, 0.25) is 0 Å². The highest BCUT2D eigenvalue weighted by atomic mass is 32.1. The number of ether oxygens (including phenoxy) is 1. The lowest BCUT2D eigenvalue weighted by Crippen LogP contribution is -2.19. The molecule has 68 valence electrons. The molecule has 0 radical (unpaired) electrons. The number of anilines is 2. The van der Waals surface area contributed by atoms with Crippen molar-refractivity contribution in [1.29, 1.82) is 0 Å². The Morgan fingerprint density at radius 3 is 2.75 bits per heavy atom. The van der Waals surface area contributed by atoms with Gasteiger partial charge < -0.3 is 15.9 Å². The van der Waals surface area contributed by atoms with E-state index in [1.165, 1.54) is 11.5 Å². The predicted octanol–water partition coefficient (Wildman–Crippen LogP) is 0.622. The molecule has 0 aliphatic rings. The molecule has 0 fully saturated rings. The first kappa shape index (κ1) is 9.08. The fourth-order valence-electron chi connectivity index (χ4n) is 0.766. The average Bonchev–Trinajstić information content (AvgIpc) is 2.30. The zero-order valence-corrected chi connectivity index (χ0v) is 8.10. The Morgan fingerprint density at radius 2 is 2.25 bits per heavy atom. The van der Waals surface area contributed by atoms with Crippen molar-refractivity contribution in [3.63, 3.8) is 0 Å². The third-order valence-electron chi connectivity index (χ3n) is 1.20. The van der Waals surface area contributed by atoms with E-state index in [2.05, 4.69) is 9.80 Å². The van der Waals surface area contributed by atoms with Crippen LogP contribution < -0.4 is 15.9 Å². The number of hydrogen-bond acceptors (Lipinski definition) is 6. The molecule has 1 aromatic heterocycles. The highest BCUT2D eigenvalue weighted by molar-refractivity contribution is 7.11. The summed E-state index contributed by atoms with van der Waals surface area (Å²) in [6.45, 7) is 0. The van der Waals surface area contributed by atoms with Crippen molar-refractivity contribution >= 4 is 22.4 Å². The summed E-state index contributed by atoms with van der Waals surface area (Å²) in [4.78, 5) is 0. The maximum Gasteiger partial charge on any atom is 0.198 e. The molecule has 1 rings (SSSR count). The Morgan fingerprint density at radius 1 is 1.58 bits per heavy atom. The smallest absolute Gasteiger partial charge is 0.198 e. The van der Waals surface area contributed by atoms with Crippen LogP contribution in [0.3, 0.4) is 0 Å². The van der Waals surface area contributed by atoms with Crippen molar-refractivity contribution in [2.45, 2.75) is 0 Å². The van der Waals surface area contributed by atoms with Gasteiger partial charge in [-0.2, -0.15) is 4.37 Å². The first-order chi connectivity index (χ1) is 5.65. The van der Waals surface area contributed by atoms with Gasteiger partial charge in [-0.3, -0.25) is 0 Å². The topological polar surface area (TPSA) is 63.4 Å². The number of hydrogen-bond donors (Lipinski definition) is 2. The minimum absolute atomic E-state index is 0.423. The van der Waals surface area contributed by atoms with Crippen LogP contribution in [0.25, 0.3) is 0 Å². The molecule has 1 aromatic rings. The number of nitrogens with one attached hydrogen (secondary N) is 1. The van der Waals surface area contributed by atoms with Crippen LogP contribution in [-0.2, 0) is 0 Å². The van der Waals surface area contributed by atoms with Crippen molar-refractivity contribution in [2.75, 3.05) is 32.4 Å². The number of hydrazine groups is 1. The molecule has 1 heterocycles. The van der Waals surface area contributed by atoms with Gasteiger partial charge in [0.1, 0.15) is 0 Å². The van der Waals surface area contributed by atoms with Gasteiger partial charge in [-0.05, 0) is 11.5 Å². The van der Waals surface area contributed by atoms with Gasteiger partial charge in [-0.25, -0.2) is 5.01 Å². The van der Waals surface area contributed by atoms with E-state index in [9.17, 15) is 0 Å². The molecule has 0 aliphatic carbocycles. The molecule has 0 amide bonds. The Balaban J connectivity index is 2.84. The van der Waals surface area contributed by atoms with Crippen molar-refractivity contribution in [3.8, 4) is 5.75 Å². The molecule has 0 aromatic carbocycles. The van der Waals surface area contributed by atoms with Crippen LogP contribution in [-0.4, -0.2) is 30.6 Å². The lowest BCUT2D eigenvalue weighted by molar-refractivity contribution is 0.414. The van der Waals surface area contributed by atoms with Crippen molar-refractivity contribution in [1.82, 2.24) is 9.38 Å². The number of nitrogens with zero attached hydrogens (tertiary/aromatic N) is 2. The summed E-state index contributed by atoms with van der Waals surface area (Å²) < 4.78 is 9.00. The van der Waals surface area contributed by atoms with Gasteiger partial charge in [-0.15, -0.1) is 0 Å². The molecular weight excluding hydrogens is 176 g/mol. The molecule has 0 bridgehead atoms. The molecule has 0 aliphatic heterocycles. The van der Waals surface area contributed by atoms with Gasteiger partial charge in [0.2, 0.25) is 0 Å². The summed E-state index contributed by atoms with van der Waals surface area (Å²) in [5.41, 5.74) is 8.57. The molecule has 12 heavy (non-hydrogen) atoms. The Kier molecular flexibility index (Phi) is 2.72. The number of methoxy groups -OCH3 is 1. The van der Waals surface area contributed by atoms with Crippen LogP contribution in [0.15, 0.2) is 0 Å². The fraction of sp³-hybridized carbons (Fsp3) is 0.500. The summed E-state index contributed by atoms with van der Waals surface area (Å²) in [7, 11) is 5.34. The quantitative estimate of drug-likeness (QED) is 0.681. The number of rotatable bonds is 3. The Hall–Kier alpha value is -1.01. The zero-order valence-electron chi connectivity index (χ0n) is 7.29. The second-order valence-electron chi connectivity index (χ2n) is 2.44. The monoisotopic (exact) mass is 188 g/mol. The molecular formula is C6H12N4OS. The van der Waals surface area contributed by atoms with Crippen LogP contribution in [0, 0.1) is 0 Å². The largest absolute Gasteiger partial charge is 0.490 e. The Labute approximate surface area is 75.3 Å². The van der Waals surface area contributed by atoms with Crippen molar-refractivity contribution in [3.05, 3.63) is 0 Å². The van der Waals surface area contributed by atoms with Gasteiger partial charge in [0.05, 0.1) is 7.11 Å². The van der Waals surface area contributed by atoms with E-state index in [1.54, 1.807) is 12.1 Å². The highest BCUT2D eigenvalue weighted by Crippen LogP contribution is 2.34. The van der Waals surface area contributed by atoms with Crippen LogP contribution >= 0.6 is 11.5 Å². The SMILES string of the molecule is COc1c(N)nsc1NN(C)C. The van der Waals surface area contributed by atoms with E-state index in [-0.39, 0.29) is 0 Å². The van der Waals surface area contributed by atoms with E-state index in [4.69, 9.17) is 10.5 Å². The van der Waals surface area contributed by atoms with Gasteiger partial charge in [0.15, 0.2) is 16.6 Å². The molecule has 0 unspecified atom stereocenters. The number of nitrogens with two attached hydrogens (primary N) is 1. The normalized spacial score (nSPS) is 10.3. The second-order valence-corrected chi connectivity index (χ2v) is 3.21. The summed E-state index contributed by atoms with van der Waals surface area (Å²) >= 11 is 1.28. The average molecular weight is 188 g/mol. The molecule has 6 heteroatoms. The van der Waals surface area contributed by atoms with Crippen molar-refractivity contribution in [2.24, 2.45) is 0 Å². The van der Waals surface area contributed by atoms with Gasteiger partial charge in [0, 0.05) is 14.1 Å². The predicted molar refractivity (Wildman–Crippen MR) is 50.4 cm³/mol. The van der Waals surface area contributed by atoms with E-state index >= 15 is 0 Å². The maximum atomic E-state index is 5.54. The first-order valence-electron chi connectivity index (χ1n) is 3.38. The van der Waals surface area contributed by atoms with E-state index in [0.29, 0.717) is 11.6 Å². The molecule has 0 saturated heterocycles. The van der Waals surface area contributed by atoms with Gasteiger partial charge in [-0.1, -0.05) is 0 Å². The van der Waals surface area contributed by atoms with Gasteiger partial charge >= 0.3 is 0 Å². The third-order valence-corrected chi connectivity index (χ3v) is 1.95. The highest BCUT2D eigenvalue weighted by Gasteiger charge is 2.11. The molecule has 0 atom stereocenters. The molecule has 5 nitrogen and oxygen atoms in total. The van der Waals surface area contributed by atoms with E-state index in [1.807, 2.05) is 14.1 Å². The fourth-order valence-corrected chi connectivity index (χ4v) is 1.53.